The van der Waals surface area contributed by atoms with Gasteiger partial charge in [-0.1, -0.05) is 6.07 Å². The van der Waals surface area contributed by atoms with Gasteiger partial charge in [-0.2, -0.15) is 0 Å². The van der Waals surface area contributed by atoms with Crippen molar-refractivity contribution in [2.24, 2.45) is 0 Å². The molecule has 0 bridgehead atoms. The van der Waals surface area contributed by atoms with E-state index in [1.165, 1.54) is 11.3 Å². The molecule has 4 nitrogen and oxygen atoms in total. The van der Waals surface area contributed by atoms with Crippen LogP contribution in [0.1, 0.15) is 31.0 Å². The largest absolute Gasteiger partial charge is 0.396 e. The molecule has 2 N–H and O–H groups in total. The van der Waals surface area contributed by atoms with E-state index in [0.717, 1.165) is 25.0 Å². The summed E-state index contributed by atoms with van der Waals surface area (Å²) in [4.78, 5) is 4.38. The highest BCUT2D eigenvalue weighted by Gasteiger charge is 2.05. The normalized spacial score (nSPS) is 13.1. The molecule has 2 rings (SSSR count). The van der Waals surface area contributed by atoms with Crippen LogP contribution in [0.3, 0.4) is 0 Å². The van der Waals surface area contributed by atoms with Crippen molar-refractivity contribution in [3.63, 3.8) is 0 Å². The average molecular weight is 247 g/mol. The van der Waals surface area contributed by atoms with E-state index in [0.29, 0.717) is 6.04 Å². The van der Waals surface area contributed by atoms with Crippen molar-refractivity contribution >= 4 is 5.65 Å². The molecular weight excluding hydrogens is 226 g/mol. The Labute approximate surface area is 108 Å². The number of hydrogen-bond acceptors (Lipinski definition) is 3. The lowest BCUT2D eigenvalue weighted by molar-refractivity contribution is 0.276. The van der Waals surface area contributed by atoms with Gasteiger partial charge in [0.2, 0.25) is 0 Å². The fourth-order valence-electron chi connectivity index (χ4n) is 2.05. The summed E-state index contributed by atoms with van der Waals surface area (Å²) >= 11 is 0. The van der Waals surface area contributed by atoms with Crippen LogP contribution in [0.4, 0.5) is 0 Å². The Kier molecular flexibility index (Phi) is 4.33. The molecule has 0 radical (unpaired) electrons. The Hall–Kier alpha value is -1.39. The van der Waals surface area contributed by atoms with Gasteiger partial charge in [0.25, 0.3) is 0 Å². The summed E-state index contributed by atoms with van der Waals surface area (Å²) < 4.78 is 2.13. The molecule has 0 aliphatic rings. The molecule has 0 saturated heterocycles. The van der Waals surface area contributed by atoms with Gasteiger partial charge in [0.05, 0.1) is 11.9 Å². The highest BCUT2D eigenvalue weighted by Crippen LogP contribution is 2.09. The standard InChI is InChI=1S/C14H21N3O/c1-11-5-6-14-16-9-13(17(14)10-11)8-15-12(2)4-3-7-18/h5-6,9-10,12,15,18H,3-4,7-8H2,1-2H3. The number of rotatable bonds is 6. The lowest BCUT2D eigenvalue weighted by Crippen LogP contribution is -2.26. The molecule has 0 amide bonds. The first-order valence-electron chi connectivity index (χ1n) is 6.47. The first kappa shape index (κ1) is 13.1. The summed E-state index contributed by atoms with van der Waals surface area (Å²) in [7, 11) is 0. The van der Waals surface area contributed by atoms with Crippen molar-refractivity contribution in [1.82, 2.24) is 14.7 Å². The zero-order chi connectivity index (χ0) is 13.0. The fourth-order valence-corrected chi connectivity index (χ4v) is 2.05. The van der Waals surface area contributed by atoms with Crippen LogP contribution in [0.2, 0.25) is 0 Å². The quantitative estimate of drug-likeness (QED) is 0.819. The molecule has 0 aliphatic heterocycles. The summed E-state index contributed by atoms with van der Waals surface area (Å²) in [5.74, 6) is 0. The maximum Gasteiger partial charge on any atom is 0.136 e. The first-order chi connectivity index (χ1) is 8.70. The van der Waals surface area contributed by atoms with E-state index >= 15 is 0 Å². The maximum atomic E-state index is 8.80. The third-order valence-electron chi connectivity index (χ3n) is 3.16. The summed E-state index contributed by atoms with van der Waals surface area (Å²) in [6, 6.07) is 4.52. The summed E-state index contributed by atoms with van der Waals surface area (Å²) in [5, 5.41) is 12.3. The summed E-state index contributed by atoms with van der Waals surface area (Å²) in [5.41, 5.74) is 3.39. The fraction of sp³-hybridized carbons (Fsp3) is 0.500. The number of fused-ring (bicyclic) bond motifs is 1. The van der Waals surface area contributed by atoms with Crippen LogP contribution in [0.5, 0.6) is 0 Å². The Morgan fingerprint density at radius 2 is 2.28 bits per heavy atom. The van der Waals surface area contributed by atoms with Crippen molar-refractivity contribution in [2.45, 2.75) is 39.3 Å². The van der Waals surface area contributed by atoms with Gasteiger partial charge in [0, 0.05) is 25.4 Å². The number of aryl methyl sites for hydroxylation is 1. The Morgan fingerprint density at radius 3 is 3.06 bits per heavy atom. The minimum atomic E-state index is 0.265. The van der Waals surface area contributed by atoms with Gasteiger partial charge in [-0.05, 0) is 38.3 Å². The van der Waals surface area contributed by atoms with Gasteiger partial charge in [0.15, 0.2) is 0 Å². The molecule has 98 valence electrons. The van der Waals surface area contributed by atoms with Gasteiger partial charge in [-0.15, -0.1) is 0 Å². The van der Waals surface area contributed by atoms with Crippen LogP contribution < -0.4 is 5.32 Å². The van der Waals surface area contributed by atoms with Gasteiger partial charge in [0.1, 0.15) is 5.65 Å². The molecule has 18 heavy (non-hydrogen) atoms. The number of aromatic nitrogens is 2. The molecule has 0 saturated carbocycles. The van der Waals surface area contributed by atoms with E-state index < -0.39 is 0 Å². The number of imidazole rings is 1. The van der Waals surface area contributed by atoms with Crippen LogP contribution in [0, 0.1) is 6.92 Å². The zero-order valence-electron chi connectivity index (χ0n) is 11.1. The highest BCUT2D eigenvalue weighted by atomic mass is 16.2. The molecule has 0 fully saturated rings. The Morgan fingerprint density at radius 1 is 1.44 bits per heavy atom. The monoisotopic (exact) mass is 247 g/mol. The number of nitrogens with zero attached hydrogens (tertiary/aromatic N) is 2. The predicted molar refractivity (Wildman–Crippen MR) is 72.6 cm³/mol. The van der Waals surface area contributed by atoms with Crippen LogP contribution in [-0.2, 0) is 6.54 Å². The number of hydrogen-bond donors (Lipinski definition) is 2. The Balaban J connectivity index is 2.01. The second-order valence-electron chi connectivity index (χ2n) is 4.83. The lowest BCUT2D eigenvalue weighted by atomic mass is 10.2. The van der Waals surface area contributed by atoms with Gasteiger partial charge >= 0.3 is 0 Å². The highest BCUT2D eigenvalue weighted by molar-refractivity contribution is 5.41. The second kappa shape index (κ2) is 5.98. The van der Waals surface area contributed by atoms with Crippen molar-refractivity contribution in [3.05, 3.63) is 35.8 Å². The number of pyridine rings is 1. The van der Waals surface area contributed by atoms with Gasteiger partial charge in [-0.3, -0.25) is 0 Å². The molecular formula is C14H21N3O. The lowest BCUT2D eigenvalue weighted by Gasteiger charge is -2.12. The molecule has 2 aromatic rings. The molecule has 0 aliphatic carbocycles. The van der Waals surface area contributed by atoms with Crippen molar-refractivity contribution in [3.8, 4) is 0 Å². The molecule has 2 heterocycles. The average Bonchev–Trinajstić information content (AvgIpc) is 2.76. The van der Waals surface area contributed by atoms with E-state index in [1.54, 1.807) is 0 Å². The van der Waals surface area contributed by atoms with Crippen LogP contribution >= 0.6 is 0 Å². The van der Waals surface area contributed by atoms with E-state index in [9.17, 15) is 0 Å². The molecule has 4 heteroatoms. The van der Waals surface area contributed by atoms with Crippen molar-refractivity contribution < 1.29 is 5.11 Å². The van der Waals surface area contributed by atoms with Crippen LogP contribution in [-0.4, -0.2) is 27.1 Å². The minimum absolute atomic E-state index is 0.265. The number of aliphatic hydroxyl groups is 1. The summed E-state index contributed by atoms with van der Waals surface area (Å²) in [6.45, 7) is 5.29. The van der Waals surface area contributed by atoms with Gasteiger partial charge < -0.3 is 14.8 Å². The van der Waals surface area contributed by atoms with Crippen molar-refractivity contribution in [2.75, 3.05) is 6.61 Å². The van der Waals surface area contributed by atoms with E-state index in [-0.39, 0.29) is 6.61 Å². The Bertz CT molecular complexity index is 507. The minimum Gasteiger partial charge on any atom is -0.396 e. The number of nitrogens with one attached hydrogen (secondary N) is 1. The third-order valence-corrected chi connectivity index (χ3v) is 3.16. The summed E-state index contributed by atoms with van der Waals surface area (Å²) in [6.07, 6.45) is 5.87. The predicted octanol–water partition coefficient (Wildman–Crippen LogP) is 1.89. The SMILES string of the molecule is Cc1ccc2ncc(CNC(C)CCCO)n2c1. The van der Waals surface area contributed by atoms with E-state index in [1.807, 2.05) is 12.3 Å². The smallest absolute Gasteiger partial charge is 0.136 e. The van der Waals surface area contributed by atoms with E-state index in [2.05, 4.69) is 40.8 Å². The van der Waals surface area contributed by atoms with Crippen LogP contribution in [0.15, 0.2) is 24.5 Å². The molecule has 1 unspecified atom stereocenters. The molecule has 0 aromatic carbocycles. The maximum absolute atomic E-state index is 8.80. The third kappa shape index (κ3) is 3.09. The topological polar surface area (TPSA) is 49.6 Å². The molecule has 0 spiro atoms. The van der Waals surface area contributed by atoms with E-state index in [4.69, 9.17) is 5.11 Å². The molecule has 2 aromatic heterocycles. The number of aliphatic hydroxyl groups excluding tert-OH is 1. The molecule has 1 atom stereocenters. The van der Waals surface area contributed by atoms with Gasteiger partial charge in [-0.25, -0.2) is 4.98 Å². The van der Waals surface area contributed by atoms with Crippen LogP contribution in [0.25, 0.3) is 5.65 Å². The second-order valence-corrected chi connectivity index (χ2v) is 4.83. The first-order valence-corrected chi connectivity index (χ1v) is 6.47. The van der Waals surface area contributed by atoms with Crippen molar-refractivity contribution in [1.29, 1.82) is 0 Å². The zero-order valence-corrected chi connectivity index (χ0v) is 11.1.